The van der Waals surface area contributed by atoms with Gasteiger partial charge in [0.15, 0.2) is 0 Å². The number of aromatic hydroxyl groups is 1. The van der Waals surface area contributed by atoms with Crippen LogP contribution >= 0.6 is 0 Å². The Balaban J connectivity index is 1.71. The summed E-state index contributed by atoms with van der Waals surface area (Å²) in [5, 5.41) is 11.6. The maximum atomic E-state index is 11.4. The Morgan fingerprint density at radius 3 is 2.76 bits per heavy atom. The minimum atomic E-state index is -0.521. The van der Waals surface area contributed by atoms with Crippen LogP contribution < -0.4 is 5.32 Å². The minimum Gasteiger partial charge on any atom is -0.506 e. The van der Waals surface area contributed by atoms with Gasteiger partial charge in [0.1, 0.15) is 18.1 Å². The third-order valence-corrected chi connectivity index (χ3v) is 2.50. The number of hydrogen-bond donors (Lipinski definition) is 2. The third-order valence-electron chi connectivity index (χ3n) is 2.50. The van der Waals surface area contributed by atoms with E-state index < -0.39 is 6.09 Å². The van der Waals surface area contributed by atoms with Crippen LogP contribution in [-0.2, 0) is 11.3 Å². The number of benzene rings is 1. The standard InChI is InChI=1S/C16H14N2O3/c19-15-9-8-14(18-11-15)7-4-10-17-16(20)21-12-13-5-2-1-3-6-13/h1-3,5-6,8-9,11,19H,10,12H2,(H,17,20). The zero-order chi connectivity index (χ0) is 14.9. The highest BCUT2D eigenvalue weighted by atomic mass is 16.5. The molecule has 0 aliphatic rings. The first kappa shape index (κ1) is 14.4. The number of carbonyl (C=O) groups is 1. The first-order valence-corrected chi connectivity index (χ1v) is 6.32. The van der Waals surface area contributed by atoms with Gasteiger partial charge < -0.3 is 15.2 Å². The lowest BCUT2D eigenvalue weighted by Gasteiger charge is -2.04. The van der Waals surface area contributed by atoms with Gasteiger partial charge in [-0.25, -0.2) is 9.78 Å². The zero-order valence-corrected chi connectivity index (χ0v) is 11.2. The lowest BCUT2D eigenvalue weighted by molar-refractivity contribution is 0.141. The molecule has 0 fully saturated rings. The van der Waals surface area contributed by atoms with Gasteiger partial charge in [0.25, 0.3) is 0 Å². The predicted molar refractivity (Wildman–Crippen MR) is 77.4 cm³/mol. The number of hydrogen-bond acceptors (Lipinski definition) is 4. The molecule has 1 aromatic heterocycles. The fraction of sp³-hybridized carbons (Fsp3) is 0.125. The second-order valence-electron chi connectivity index (χ2n) is 4.12. The van der Waals surface area contributed by atoms with E-state index in [1.165, 1.54) is 12.3 Å². The number of pyridine rings is 1. The molecule has 106 valence electrons. The van der Waals surface area contributed by atoms with E-state index in [4.69, 9.17) is 9.84 Å². The molecular weight excluding hydrogens is 268 g/mol. The highest BCUT2D eigenvalue weighted by Crippen LogP contribution is 2.04. The second-order valence-corrected chi connectivity index (χ2v) is 4.12. The van der Waals surface area contributed by atoms with Crippen molar-refractivity contribution in [3.05, 3.63) is 59.9 Å². The van der Waals surface area contributed by atoms with Crippen LogP contribution in [0.15, 0.2) is 48.7 Å². The van der Waals surface area contributed by atoms with Crippen molar-refractivity contribution in [2.24, 2.45) is 0 Å². The summed E-state index contributed by atoms with van der Waals surface area (Å²) in [6, 6.07) is 12.5. The lowest BCUT2D eigenvalue weighted by Crippen LogP contribution is -2.24. The molecule has 2 rings (SSSR count). The van der Waals surface area contributed by atoms with E-state index >= 15 is 0 Å². The fourth-order valence-corrected chi connectivity index (χ4v) is 1.49. The van der Waals surface area contributed by atoms with Gasteiger partial charge in [0.05, 0.1) is 12.7 Å². The Labute approximate surface area is 122 Å². The summed E-state index contributed by atoms with van der Waals surface area (Å²) >= 11 is 0. The van der Waals surface area contributed by atoms with Crippen molar-refractivity contribution in [2.45, 2.75) is 6.61 Å². The third kappa shape index (κ3) is 5.25. The molecular formula is C16H14N2O3. The molecule has 0 spiro atoms. The normalized spacial score (nSPS) is 9.33. The summed E-state index contributed by atoms with van der Waals surface area (Å²) in [5.74, 6) is 5.59. The molecule has 5 heteroatoms. The molecule has 2 aromatic rings. The van der Waals surface area contributed by atoms with Crippen LogP contribution in [0.1, 0.15) is 11.3 Å². The van der Waals surface area contributed by atoms with Crippen LogP contribution in [0.3, 0.4) is 0 Å². The van der Waals surface area contributed by atoms with Crippen LogP contribution in [0.25, 0.3) is 0 Å². The van der Waals surface area contributed by atoms with E-state index in [1.54, 1.807) is 6.07 Å². The van der Waals surface area contributed by atoms with Gasteiger partial charge in [-0.05, 0) is 23.6 Å². The smallest absolute Gasteiger partial charge is 0.408 e. The average Bonchev–Trinajstić information content (AvgIpc) is 2.52. The van der Waals surface area contributed by atoms with E-state index in [2.05, 4.69) is 22.1 Å². The van der Waals surface area contributed by atoms with Gasteiger partial charge >= 0.3 is 6.09 Å². The number of rotatable bonds is 3. The van der Waals surface area contributed by atoms with E-state index in [0.717, 1.165) is 5.56 Å². The first-order valence-electron chi connectivity index (χ1n) is 6.32. The van der Waals surface area contributed by atoms with Crippen molar-refractivity contribution >= 4 is 6.09 Å². The van der Waals surface area contributed by atoms with Crippen LogP contribution in [0.2, 0.25) is 0 Å². The summed E-state index contributed by atoms with van der Waals surface area (Å²) in [5.41, 5.74) is 1.44. The highest BCUT2D eigenvalue weighted by molar-refractivity contribution is 5.67. The molecule has 1 amide bonds. The maximum Gasteiger partial charge on any atom is 0.408 e. The number of alkyl carbamates (subject to hydrolysis) is 1. The number of ether oxygens (including phenoxy) is 1. The molecule has 0 aliphatic carbocycles. The van der Waals surface area contributed by atoms with Gasteiger partial charge in [-0.2, -0.15) is 0 Å². The van der Waals surface area contributed by atoms with Gasteiger partial charge in [-0.3, -0.25) is 0 Å². The molecule has 1 heterocycles. The van der Waals surface area contributed by atoms with Crippen molar-refractivity contribution < 1.29 is 14.6 Å². The van der Waals surface area contributed by atoms with E-state index in [9.17, 15) is 4.79 Å². The van der Waals surface area contributed by atoms with Gasteiger partial charge in [0, 0.05) is 0 Å². The SMILES string of the molecule is O=C(NCC#Cc1ccc(O)cn1)OCc1ccccc1. The van der Waals surface area contributed by atoms with Crippen molar-refractivity contribution in [2.75, 3.05) is 6.54 Å². The van der Waals surface area contributed by atoms with Crippen molar-refractivity contribution in [3.8, 4) is 17.6 Å². The van der Waals surface area contributed by atoms with Crippen LogP contribution in [0, 0.1) is 11.8 Å². The molecule has 5 nitrogen and oxygen atoms in total. The molecule has 0 atom stereocenters. The quantitative estimate of drug-likeness (QED) is 0.845. The van der Waals surface area contributed by atoms with E-state index in [-0.39, 0.29) is 18.9 Å². The Hall–Kier alpha value is -3.00. The predicted octanol–water partition coefficient (Wildman–Crippen LogP) is 2.07. The minimum absolute atomic E-state index is 0.0863. The number of aromatic nitrogens is 1. The van der Waals surface area contributed by atoms with E-state index in [1.807, 2.05) is 30.3 Å². The highest BCUT2D eigenvalue weighted by Gasteiger charge is 2.00. The summed E-state index contributed by atoms with van der Waals surface area (Å²) in [4.78, 5) is 15.3. The number of nitrogens with zero attached hydrogens (tertiary/aromatic N) is 1. The van der Waals surface area contributed by atoms with Crippen LogP contribution in [-0.4, -0.2) is 22.7 Å². The second kappa shape index (κ2) is 7.56. The van der Waals surface area contributed by atoms with Crippen LogP contribution in [0.4, 0.5) is 4.79 Å². The topological polar surface area (TPSA) is 71.5 Å². The largest absolute Gasteiger partial charge is 0.506 e. The molecule has 1 aromatic carbocycles. The Morgan fingerprint density at radius 2 is 2.05 bits per heavy atom. The maximum absolute atomic E-state index is 11.4. The Morgan fingerprint density at radius 1 is 1.24 bits per heavy atom. The molecule has 2 N–H and O–H groups in total. The van der Waals surface area contributed by atoms with Gasteiger partial charge in [-0.1, -0.05) is 36.3 Å². The van der Waals surface area contributed by atoms with Gasteiger partial charge in [0.2, 0.25) is 0 Å². The molecule has 0 bridgehead atoms. The van der Waals surface area contributed by atoms with E-state index in [0.29, 0.717) is 5.69 Å². The Bertz CT molecular complexity index is 643. The summed E-state index contributed by atoms with van der Waals surface area (Å²) in [7, 11) is 0. The van der Waals surface area contributed by atoms with Crippen LogP contribution in [0.5, 0.6) is 5.75 Å². The van der Waals surface area contributed by atoms with Crippen molar-refractivity contribution in [1.29, 1.82) is 0 Å². The molecule has 21 heavy (non-hydrogen) atoms. The summed E-state index contributed by atoms with van der Waals surface area (Å²) in [6.45, 7) is 0.385. The molecule has 0 saturated heterocycles. The zero-order valence-electron chi connectivity index (χ0n) is 11.2. The number of carbonyl (C=O) groups excluding carboxylic acids is 1. The Kier molecular flexibility index (Phi) is 5.18. The monoisotopic (exact) mass is 282 g/mol. The fourth-order valence-electron chi connectivity index (χ4n) is 1.49. The molecule has 0 aliphatic heterocycles. The summed E-state index contributed by atoms with van der Waals surface area (Å²) in [6.07, 6.45) is 0.790. The molecule has 0 saturated carbocycles. The summed E-state index contributed by atoms with van der Waals surface area (Å²) < 4.78 is 5.03. The number of nitrogens with one attached hydrogen (secondary N) is 1. The van der Waals surface area contributed by atoms with Crippen molar-refractivity contribution in [1.82, 2.24) is 10.3 Å². The molecule has 0 radical (unpaired) electrons. The number of amides is 1. The van der Waals surface area contributed by atoms with Crippen molar-refractivity contribution in [3.63, 3.8) is 0 Å². The molecule has 0 unspecified atom stereocenters. The average molecular weight is 282 g/mol. The first-order chi connectivity index (χ1) is 10.2. The lowest BCUT2D eigenvalue weighted by atomic mass is 10.2. The van der Waals surface area contributed by atoms with Gasteiger partial charge in [-0.15, -0.1) is 0 Å².